The smallest absolute Gasteiger partial charge is 0.327 e. The molecule has 4 heterocycles. The standard InChI is InChI=1S/C26H20F6N6O/c1-36-24(13-7-18(27)22(29)19(28)8-13)17-10-15-3-2-4-21(23(17)35-36)38(15)25(39)16-9-14(26(30,31)32)5-6-20(16)37-12-33-11-34-37/h5-9,11-12,15,21H,2-4,10H2,1H3/t15-,21+/m1/s1. The average Bonchev–Trinajstić information content (AvgIpc) is 3.53. The number of aromatic nitrogens is 5. The molecule has 1 fully saturated rings. The van der Waals surface area contributed by atoms with Gasteiger partial charge in [0.25, 0.3) is 5.91 Å². The Balaban J connectivity index is 1.46. The molecule has 0 saturated carbocycles. The van der Waals surface area contributed by atoms with Gasteiger partial charge in [0.15, 0.2) is 17.5 Å². The van der Waals surface area contributed by atoms with Gasteiger partial charge in [0.1, 0.15) is 12.7 Å². The highest BCUT2D eigenvalue weighted by Gasteiger charge is 2.44. The molecular weight excluding hydrogens is 526 g/mol. The second kappa shape index (κ2) is 8.95. The van der Waals surface area contributed by atoms with Crippen molar-refractivity contribution < 1.29 is 31.1 Å². The van der Waals surface area contributed by atoms with E-state index >= 15 is 0 Å². The molecule has 7 nitrogen and oxygen atoms in total. The van der Waals surface area contributed by atoms with E-state index in [0.717, 1.165) is 30.7 Å². The lowest BCUT2D eigenvalue weighted by Crippen LogP contribution is -2.50. The van der Waals surface area contributed by atoms with Crippen LogP contribution >= 0.6 is 0 Å². The van der Waals surface area contributed by atoms with E-state index < -0.39 is 47.2 Å². The van der Waals surface area contributed by atoms with Crippen molar-refractivity contribution in [3.05, 3.63) is 82.8 Å². The van der Waals surface area contributed by atoms with Crippen molar-refractivity contribution in [3.63, 3.8) is 0 Å². The first-order valence-corrected chi connectivity index (χ1v) is 12.1. The fraction of sp³-hybridized carbons (Fsp3) is 0.308. The fourth-order valence-corrected chi connectivity index (χ4v) is 5.76. The number of carbonyl (C=O) groups excluding carboxylic acids is 1. The molecule has 2 aliphatic rings. The van der Waals surface area contributed by atoms with Crippen LogP contribution in [0.1, 0.15) is 52.5 Å². The summed E-state index contributed by atoms with van der Waals surface area (Å²) in [5, 5.41) is 8.56. The molecular formula is C26H20F6N6O. The Morgan fingerprint density at radius 3 is 2.46 bits per heavy atom. The number of hydrogen-bond donors (Lipinski definition) is 0. The quantitative estimate of drug-likeness (QED) is 0.255. The topological polar surface area (TPSA) is 68.8 Å². The predicted octanol–water partition coefficient (Wildman–Crippen LogP) is 5.40. The number of carbonyl (C=O) groups is 1. The highest BCUT2D eigenvalue weighted by molar-refractivity contribution is 5.98. The number of fused-ring (bicyclic) bond motifs is 4. The summed E-state index contributed by atoms with van der Waals surface area (Å²) in [6.45, 7) is 0. The van der Waals surface area contributed by atoms with Gasteiger partial charge in [0, 0.05) is 24.2 Å². The number of aryl methyl sites for hydroxylation is 1. The molecule has 39 heavy (non-hydrogen) atoms. The molecule has 2 aliphatic heterocycles. The summed E-state index contributed by atoms with van der Waals surface area (Å²) >= 11 is 0. The van der Waals surface area contributed by atoms with Gasteiger partial charge in [0.05, 0.1) is 34.2 Å². The van der Waals surface area contributed by atoms with Crippen LogP contribution in [0.4, 0.5) is 26.3 Å². The Kier molecular flexibility index (Phi) is 5.77. The zero-order chi connectivity index (χ0) is 27.6. The molecule has 0 N–H and O–H groups in total. The van der Waals surface area contributed by atoms with Crippen molar-refractivity contribution in [2.24, 2.45) is 7.05 Å². The third-order valence-electron chi connectivity index (χ3n) is 7.39. The van der Waals surface area contributed by atoms with Crippen LogP contribution in [0.3, 0.4) is 0 Å². The summed E-state index contributed by atoms with van der Waals surface area (Å²) in [4.78, 5) is 19.4. The SMILES string of the molecule is Cn1nc2c(c1-c1cc(F)c(F)c(F)c1)C[C@H]1CCC[C@@H]2N1C(=O)c1cc(C(F)(F)F)ccc1-n1cncn1. The molecule has 2 aromatic carbocycles. The number of nitrogens with zero attached hydrogens (tertiary/aromatic N) is 6. The third-order valence-corrected chi connectivity index (χ3v) is 7.39. The monoisotopic (exact) mass is 546 g/mol. The minimum atomic E-state index is -4.67. The van der Waals surface area contributed by atoms with Crippen molar-refractivity contribution in [1.29, 1.82) is 0 Å². The molecule has 0 spiro atoms. The zero-order valence-electron chi connectivity index (χ0n) is 20.4. The lowest BCUT2D eigenvalue weighted by molar-refractivity contribution is -0.137. The van der Waals surface area contributed by atoms with E-state index in [1.54, 1.807) is 11.9 Å². The first-order valence-electron chi connectivity index (χ1n) is 12.1. The molecule has 6 rings (SSSR count). The van der Waals surface area contributed by atoms with Gasteiger partial charge in [-0.1, -0.05) is 0 Å². The summed E-state index contributed by atoms with van der Waals surface area (Å²) in [5.41, 5.74) is 0.653. The Morgan fingerprint density at radius 1 is 1.05 bits per heavy atom. The van der Waals surface area contributed by atoms with Crippen LogP contribution in [0, 0.1) is 17.5 Å². The van der Waals surface area contributed by atoms with Crippen molar-refractivity contribution in [1.82, 2.24) is 29.4 Å². The largest absolute Gasteiger partial charge is 0.416 e. The van der Waals surface area contributed by atoms with E-state index in [4.69, 9.17) is 0 Å². The Labute approximate surface area is 217 Å². The van der Waals surface area contributed by atoms with Crippen molar-refractivity contribution in [3.8, 4) is 16.9 Å². The number of hydrogen-bond acceptors (Lipinski definition) is 4. The van der Waals surface area contributed by atoms with Crippen molar-refractivity contribution in [2.45, 2.75) is 43.9 Å². The van der Waals surface area contributed by atoms with Crippen LogP contribution < -0.4 is 0 Å². The van der Waals surface area contributed by atoms with Crippen LogP contribution in [0.2, 0.25) is 0 Å². The molecule has 0 radical (unpaired) electrons. The molecule has 2 aromatic heterocycles. The summed E-state index contributed by atoms with van der Waals surface area (Å²) in [6.07, 6.45) is -0.0850. The Morgan fingerprint density at radius 2 is 1.79 bits per heavy atom. The Bertz CT molecular complexity index is 1570. The highest BCUT2D eigenvalue weighted by Crippen LogP contribution is 2.46. The van der Waals surface area contributed by atoms with Gasteiger partial charge in [-0.25, -0.2) is 22.8 Å². The predicted molar refractivity (Wildman–Crippen MR) is 125 cm³/mol. The lowest BCUT2D eigenvalue weighted by atomic mass is 9.81. The molecule has 0 unspecified atom stereocenters. The van der Waals surface area contributed by atoms with Gasteiger partial charge >= 0.3 is 6.18 Å². The number of alkyl halides is 3. The van der Waals surface area contributed by atoms with Crippen molar-refractivity contribution >= 4 is 5.91 Å². The third kappa shape index (κ3) is 4.07. The number of piperidine rings is 1. The van der Waals surface area contributed by atoms with Crippen LogP contribution in [0.25, 0.3) is 16.9 Å². The number of halogens is 6. The van der Waals surface area contributed by atoms with Gasteiger partial charge in [-0.05, 0) is 56.0 Å². The summed E-state index contributed by atoms with van der Waals surface area (Å²) < 4.78 is 85.3. The first kappa shape index (κ1) is 25.1. The van der Waals surface area contributed by atoms with Crippen LogP contribution in [-0.2, 0) is 19.6 Å². The maximum Gasteiger partial charge on any atom is 0.416 e. The van der Waals surface area contributed by atoms with Crippen LogP contribution in [-0.4, -0.2) is 41.4 Å². The molecule has 4 aromatic rings. The maximum absolute atomic E-state index is 14.1. The maximum atomic E-state index is 14.1. The minimum absolute atomic E-state index is 0.104. The second-order valence-electron chi connectivity index (χ2n) is 9.68. The summed E-state index contributed by atoms with van der Waals surface area (Å²) in [6, 6.07) is 3.71. The lowest BCUT2D eigenvalue weighted by Gasteiger charge is -2.45. The molecule has 1 saturated heterocycles. The van der Waals surface area contributed by atoms with E-state index in [1.807, 2.05) is 0 Å². The molecule has 2 bridgehead atoms. The van der Waals surface area contributed by atoms with Crippen molar-refractivity contribution in [2.75, 3.05) is 0 Å². The average molecular weight is 546 g/mol. The normalized spacial score (nSPS) is 18.8. The van der Waals surface area contributed by atoms with E-state index in [2.05, 4.69) is 15.2 Å². The highest BCUT2D eigenvalue weighted by atomic mass is 19.4. The minimum Gasteiger partial charge on any atom is -0.327 e. The van der Waals surface area contributed by atoms with Crippen LogP contribution in [0.15, 0.2) is 43.0 Å². The van der Waals surface area contributed by atoms with Gasteiger partial charge < -0.3 is 4.90 Å². The molecule has 2 atom stereocenters. The first-order chi connectivity index (χ1) is 18.5. The van der Waals surface area contributed by atoms with Gasteiger partial charge in [-0.3, -0.25) is 9.48 Å². The summed E-state index contributed by atoms with van der Waals surface area (Å²) in [7, 11) is 1.58. The second-order valence-corrected chi connectivity index (χ2v) is 9.68. The Hall–Kier alpha value is -4.16. The fourth-order valence-electron chi connectivity index (χ4n) is 5.76. The van der Waals surface area contributed by atoms with E-state index in [9.17, 15) is 31.1 Å². The molecule has 13 heteroatoms. The van der Waals surface area contributed by atoms with E-state index in [0.29, 0.717) is 29.8 Å². The van der Waals surface area contributed by atoms with E-state index in [1.165, 1.54) is 28.1 Å². The molecule has 202 valence electrons. The molecule has 1 amide bonds. The van der Waals surface area contributed by atoms with Crippen LogP contribution in [0.5, 0.6) is 0 Å². The van der Waals surface area contributed by atoms with Gasteiger partial charge in [-0.15, -0.1) is 0 Å². The summed E-state index contributed by atoms with van der Waals surface area (Å²) in [5.74, 6) is -4.86. The number of rotatable bonds is 3. The zero-order valence-corrected chi connectivity index (χ0v) is 20.4. The van der Waals surface area contributed by atoms with Gasteiger partial charge in [-0.2, -0.15) is 23.4 Å². The number of amides is 1. The molecule has 0 aliphatic carbocycles. The van der Waals surface area contributed by atoms with Gasteiger partial charge in [0.2, 0.25) is 0 Å². The van der Waals surface area contributed by atoms with E-state index in [-0.39, 0.29) is 23.2 Å². The number of benzene rings is 2.